The molecule has 0 aliphatic heterocycles. The Morgan fingerprint density at radius 1 is 1.03 bits per heavy atom. The van der Waals surface area contributed by atoms with Crippen LogP contribution in [-0.2, 0) is 19.5 Å². The van der Waals surface area contributed by atoms with E-state index in [9.17, 15) is 5.26 Å². The van der Waals surface area contributed by atoms with Gasteiger partial charge in [-0.1, -0.05) is 31.2 Å². The number of pyridine rings is 1. The van der Waals surface area contributed by atoms with Crippen LogP contribution < -0.4 is 0 Å². The highest BCUT2D eigenvalue weighted by atomic mass is 79.9. The van der Waals surface area contributed by atoms with E-state index in [0.717, 1.165) is 64.5 Å². The molecule has 0 bridgehead atoms. The summed E-state index contributed by atoms with van der Waals surface area (Å²) in [5.74, 6) is 1.08. The van der Waals surface area contributed by atoms with E-state index in [-0.39, 0.29) is 0 Å². The van der Waals surface area contributed by atoms with Gasteiger partial charge in [-0.05, 0) is 71.9 Å². The van der Waals surface area contributed by atoms with Crippen LogP contribution in [0.25, 0.3) is 22.4 Å². The molecule has 0 amide bonds. The van der Waals surface area contributed by atoms with E-state index in [1.54, 1.807) is 0 Å². The van der Waals surface area contributed by atoms with Crippen molar-refractivity contribution in [2.75, 3.05) is 0 Å². The molecule has 0 aliphatic rings. The van der Waals surface area contributed by atoms with Gasteiger partial charge in [0, 0.05) is 18.7 Å². The maximum absolute atomic E-state index is 9.56. The predicted molar refractivity (Wildman–Crippen MR) is 128 cm³/mol. The maximum Gasteiger partial charge on any atom is 0.160 e. The number of hydrogen-bond donors (Lipinski definition) is 0. The minimum atomic E-state index is 0.683. The summed E-state index contributed by atoms with van der Waals surface area (Å²) in [5.41, 5.74) is 8.01. The molecule has 6 heteroatoms. The predicted octanol–water partition coefficient (Wildman–Crippen LogP) is 6.17. The summed E-state index contributed by atoms with van der Waals surface area (Å²) in [4.78, 5) is 9.71. The third-order valence-electron chi connectivity index (χ3n) is 5.63. The molecule has 0 fully saturated rings. The molecule has 31 heavy (non-hydrogen) atoms. The van der Waals surface area contributed by atoms with Crippen molar-refractivity contribution in [1.29, 1.82) is 5.26 Å². The van der Waals surface area contributed by atoms with Gasteiger partial charge in [0.25, 0.3) is 0 Å². The van der Waals surface area contributed by atoms with Gasteiger partial charge in [-0.25, -0.2) is 9.97 Å². The molecular formula is C25H26BrN5. The van der Waals surface area contributed by atoms with Crippen LogP contribution in [0.1, 0.15) is 48.5 Å². The largest absolute Gasteiger partial charge is 0.334 e. The zero-order valence-electron chi connectivity index (χ0n) is 18.4. The lowest BCUT2D eigenvalue weighted by atomic mass is 10.1. The van der Waals surface area contributed by atoms with E-state index in [4.69, 9.17) is 9.97 Å². The molecule has 0 aliphatic carbocycles. The summed E-state index contributed by atoms with van der Waals surface area (Å²) in [5, 5.41) is 9.56. The number of nitrogens with zero attached hydrogens (tertiary/aromatic N) is 5. The van der Waals surface area contributed by atoms with Crippen LogP contribution in [0, 0.1) is 25.2 Å². The maximum atomic E-state index is 9.56. The lowest BCUT2D eigenvalue weighted by molar-refractivity contribution is 0.716. The Bertz CT molecular complexity index is 1290. The van der Waals surface area contributed by atoms with Gasteiger partial charge in [0.2, 0.25) is 0 Å². The molecule has 3 aromatic heterocycles. The fourth-order valence-corrected chi connectivity index (χ4v) is 4.86. The highest BCUT2D eigenvalue weighted by molar-refractivity contribution is 9.10. The summed E-state index contributed by atoms with van der Waals surface area (Å²) in [7, 11) is 0. The van der Waals surface area contributed by atoms with Crippen molar-refractivity contribution < 1.29 is 0 Å². The fraction of sp³-hybridized carbons (Fsp3) is 0.320. The van der Waals surface area contributed by atoms with E-state index in [1.807, 2.05) is 13.0 Å². The van der Waals surface area contributed by atoms with Gasteiger partial charge in [0.15, 0.2) is 5.65 Å². The Morgan fingerprint density at radius 3 is 2.42 bits per heavy atom. The van der Waals surface area contributed by atoms with Gasteiger partial charge in [0.1, 0.15) is 17.4 Å². The summed E-state index contributed by atoms with van der Waals surface area (Å²) in [6.45, 7) is 9.92. The number of halogens is 1. The highest BCUT2D eigenvalue weighted by Gasteiger charge is 2.16. The molecular weight excluding hydrogens is 450 g/mol. The smallest absolute Gasteiger partial charge is 0.160 e. The lowest BCUT2D eigenvalue weighted by Gasteiger charge is -2.12. The molecule has 158 valence electrons. The molecule has 0 saturated heterocycles. The van der Waals surface area contributed by atoms with E-state index in [0.29, 0.717) is 5.56 Å². The average Bonchev–Trinajstić information content (AvgIpc) is 3.26. The molecule has 5 nitrogen and oxygen atoms in total. The standard InChI is InChI=1S/C25H26BrN5/c1-5-7-22-29-23-16(3)12-17(4)28-25(23)31(22)15-18-8-10-19(11-9-18)24-20(14-27)13-21(26)30(24)6-2/h8-13H,5-7,15H2,1-4H3. The van der Waals surface area contributed by atoms with E-state index in [1.165, 1.54) is 11.1 Å². The minimum Gasteiger partial charge on any atom is -0.334 e. The number of rotatable bonds is 6. The molecule has 0 saturated carbocycles. The zero-order valence-corrected chi connectivity index (χ0v) is 20.0. The monoisotopic (exact) mass is 475 g/mol. The first kappa shape index (κ1) is 21.3. The first-order valence-corrected chi connectivity index (χ1v) is 11.5. The SMILES string of the molecule is CCCc1nc2c(C)cc(C)nc2n1Cc1ccc(-c2c(C#N)cc(Br)n2CC)cc1. The van der Waals surface area contributed by atoms with Gasteiger partial charge in [0.05, 0.1) is 22.4 Å². The molecule has 0 atom stereocenters. The normalized spacial score (nSPS) is 11.2. The van der Waals surface area contributed by atoms with Gasteiger partial charge in [-0.3, -0.25) is 0 Å². The van der Waals surface area contributed by atoms with E-state index < -0.39 is 0 Å². The second-order valence-corrected chi connectivity index (χ2v) is 8.71. The quantitative estimate of drug-likeness (QED) is 0.334. The molecule has 0 unspecified atom stereocenters. The van der Waals surface area contributed by atoms with Crippen molar-refractivity contribution in [3.63, 3.8) is 0 Å². The number of nitriles is 1. The summed E-state index contributed by atoms with van der Waals surface area (Å²) < 4.78 is 5.29. The summed E-state index contributed by atoms with van der Waals surface area (Å²) in [6.07, 6.45) is 1.97. The molecule has 0 radical (unpaired) electrons. The second-order valence-electron chi connectivity index (χ2n) is 7.90. The van der Waals surface area contributed by atoms with E-state index >= 15 is 0 Å². The zero-order chi connectivity index (χ0) is 22.1. The van der Waals surface area contributed by atoms with Crippen molar-refractivity contribution in [2.45, 2.75) is 53.6 Å². The van der Waals surface area contributed by atoms with Crippen LogP contribution in [0.2, 0.25) is 0 Å². The van der Waals surface area contributed by atoms with Crippen LogP contribution in [-0.4, -0.2) is 19.1 Å². The molecule has 0 spiro atoms. The average molecular weight is 476 g/mol. The van der Waals surface area contributed by atoms with Crippen molar-refractivity contribution in [3.8, 4) is 17.3 Å². The van der Waals surface area contributed by atoms with Gasteiger partial charge in [-0.2, -0.15) is 5.26 Å². The van der Waals surface area contributed by atoms with Gasteiger partial charge in [-0.15, -0.1) is 0 Å². The Balaban J connectivity index is 1.74. The van der Waals surface area contributed by atoms with Crippen molar-refractivity contribution in [1.82, 2.24) is 19.1 Å². The minimum absolute atomic E-state index is 0.683. The molecule has 1 aromatic carbocycles. The molecule has 3 heterocycles. The first-order valence-electron chi connectivity index (χ1n) is 10.7. The second kappa shape index (κ2) is 8.68. The molecule has 4 rings (SSSR count). The number of aryl methyl sites for hydroxylation is 3. The fourth-order valence-electron chi connectivity index (χ4n) is 4.20. The van der Waals surface area contributed by atoms with Crippen LogP contribution in [0.15, 0.2) is 41.0 Å². The number of fused-ring (bicyclic) bond motifs is 1. The van der Waals surface area contributed by atoms with Crippen LogP contribution in [0.3, 0.4) is 0 Å². The topological polar surface area (TPSA) is 59.4 Å². The molecule has 0 N–H and O–H groups in total. The lowest BCUT2D eigenvalue weighted by Crippen LogP contribution is -2.06. The summed E-state index contributed by atoms with van der Waals surface area (Å²) >= 11 is 3.57. The number of benzene rings is 1. The van der Waals surface area contributed by atoms with Crippen molar-refractivity contribution in [2.24, 2.45) is 0 Å². The third-order valence-corrected chi connectivity index (χ3v) is 6.28. The number of hydrogen-bond acceptors (Lipinski definition) is 3. The Kier molecular flexibility index (Phi) is 5.97. The number of imidazole rings is 1. The van der Waals surface area contributed by atoms with Crippen LogP contribution in [0.4, 0.5) is 0 Å². The van der Waals surface area contributed by atoms with Crippen molar-refractivity contribution in [3.05, 3.63) is 69.2 Å². The molecule has 4 aromatic rings. The van der Waals surface area contributed by atoms with E-state index in [2.05, 4.69) is 82.2 Å². The van der Waals surface area contributed by atoms with Gasteiger partial charge >= 0.3 is 0 Å². The highest BCUT2D eigenvalue weighted by Crippen LogP contribution is 2.30. The van der Waals surface area contributed by atoms with Crippen LogP contribution in [0.5, 0.6) is 0 Å². The number of aromatic nitrogens is 4. The summed E-state index contributed by atoms with van der Waals surface area (Å²) in [6, 6.07) is 14.8. The van der Waals surface area contributed by atoms with Crippen LogP contribution >= 0.6 is 15.9 Å². The van der Waals surface area contributed by atoms with Crippen molar-refractivity contribution >= 4 is 27.1 Å². The van der Waals surface area contributed by atoms with Gasteiger partial charge < -0.3 is 9.13 Å². The third kappa shape index (κ3) is 3.90. The Hall–Kier alpha value is -2.91. The first-order chi connectivity index (χ1) is 15.0. The Labute approximate surface area is 191 Å². The Morgan fingerprint density at radius 2 is 1.77 bits per heavy atom.